The second-order valence-corrected chi connectivity index (χ2v) is 4.59. The summed E-state index contributed by atoms with van der Waals surface area (Å²) in [5, 5.41) is 4.17. The fourth-order valence-corrected chi connectivity index (χ4v) is 2.17. The van der Waals surface area contributed by atoms with Crippen LogP contribution < -0.4 is 14.9 Å². The number of rotatable bonds is 3. The second kappa shape index (κ2) is 4.82. The third-order valence-electron chi connectivity index (χ3n) is 3.17. The summed E-state index contributed by atoms with van der Waals surface area (Å²) in [5.41, 5.74) is 5.67. The molecule has 2 aromatic carbocycles. The zero-order chi connectivity index (χ0) is 14.1. The lowest BCUT2D eigenvalue weighted by Crippen LogP contribution is -1.93. The number of hydrogen-bond acceptors (Lipinski definition) is 5. The van der Waals surface area contributed by atoms with E-state index < -0.39 is 0 Å². The van der Waals surface area contributed by atoms with Crippen LogP contribution in [0.2, 0.25) is 0 Å². The molecule has 1 aliphatic rings. The van der Waals surface area contributed by atoms with Gasteiger partial charge in [-0.25, -0.2) is 10.4 Å². The first-order valence-corrected chi connectivity index (χ1v) is 6.52. The number of hydrogen-bond donors (Lipinski definition) is 2. The summed E-state index contributed by atoms with van der Waals surface area (Å²) in [5.74, 6) is 2.10. The monoisotopic (exact) mass is 280 g/mol. The molecule has 21 heavy (non-hydrogen) atoms. The van der Waals surface area contributed by atoms with Crippen molar-refractivity contribution >= 4 is 23.2 Å². The van der Waals surface area contributed by atoms with Gasteiger partial charge in [0, 0.05) is 0 Å². The molecule has 0 atom stereocenters. The van der Waals surface area contributed by atoms with E-state index >= 15 is 0 Å². The van der Waals surface area contributed by atoms with E-state index in [-0.39, 0.29) is 6.79 Å². The number of nitrogens with one attached hydrogen (secondary N) is 2. The number of H-pyrrole nitrogens is 1. The van der Waals surface area contributed by atoms with E-state index in [4.69, 9.17) is 9.47 Å². The number of para-hydroxylation sites is 2. The third-order valence-corrected chi connectivity index (χ3v) is 3.17. The van der Waals surface area contributed by atoms with Gasteiger partial charge in [0.1, 0.15) is 0 Å². The van der Waals surface area contributed by atoms with Crippen LogP contribution in [-0.4, -0.2) is 23.0 Å². The molecule has 0 radical (unpaired) electrons. The topological polar surface area (TPSA) is 71.5 Å². The fourth-order valence-electron chi connectivity index (χ4n) is 2.17. The maximum absolute atomic E-state index is 5.32. The lowest BCUT2D eigenvalue weighted by molar-refractivity contribution is 0.174. The first-order valence-electron chi connectivity index (χ1n) is 6.52. The molecule has 6 nitrogen and oxygen atoms in total. The van der Waals surface area contributed by atoms with Gasteiger partial charge in [0.05, 0.1) is 17.2 Å². The molecule has 1 aliphatic heterocycles. The summed E-state index contributed by atoms with van der Waals surface area (Å²) in [6.07, 6.45) is 1.70. The molecule has 0 unspecified atom stereocenters. The van der Waals surface area contributed by atoms with Crippen molar-refractivity contribution in [1.29, 1.82) is 0 Å². The number of ether oxygens (including phenoxy) is 2. The largest absolute Gasteiger partial charge is 0.454 e. The minimum Gasteiger partial charge on any atom is -0.454 e. The summed E-state index contributed by atoms with van der Waals surface area (Å²) in [7, 11) is 0. The lowest BCUT2D eigenvalue weighted by atomic mass is 10.2. The van der Waals surface area contributed by atoms with Gasteiger partial charge in [-0.2, -0.15) is 5.10 Å². The molecular weight excluding hydrogens is 268 g/mol. The van der Waals surface area contributed by atoms with E-state index in [9.17, 15) is 0 Å². The molecule has 0 fully saturated rings. The van der Waals surface area contributed by atoms with E-state index in [1.54, 1.807) is 6.21 Å². The van der Waals surface area contributed by atoms with Crippen molar-refractivity contribution in [2.45, 2.75) is 0 Å². The first-order chi connectivity index (χ1) is 10.4. The van der Waals surface area contributed by atoms with Crippen molar-refractivity contribution in [3.05, 3.63) is 48.0 Å². The van der Waals surface area contributed by atoms with Crippen molar-refractivity contribution in [3.8, 4) is 11.5 Å². The molecular formula is C15H12N4O2. The molecule has 1 aromatic heterocycles. The Bertz CT molecular complexity index is 792. The number of fused-ring (bicyclic) bond motifs is 2. The van der Waals surface area contributed by atoms with Gasteiger partial charge < -0.3 is 14.5 Å². The first kappa shape index (κ1) is 11.8. The number of imidazole rings is 1. The zero-order valence-corrected chi connectivity index (χ0v) is 11.0. The highest BCUT2D eigenvalue weighted by atomic mass is 16.7. The van der Waals surface area contributed by atoms with Gasteiger partial charge in [0.2, 0.25) is 12.7 Å². The van der Waals surface area contributed by atoms with E-state index in [0.29, 0.717) is 5.95 Å². The van der Waals surface area contributed by atoms with Crippen molar-refractivity contribution in [2.75, 3.05) is 12.2 Å². The number of anilines is 1. The van der Waals surface area contributed by atoms with Gasteiger partial charge in [-0.05, 0) is 35.9 Å². The molecule has 0 aliphatic carbocycles. The number of aromatic nitrogens is 2. The van der Waals surface area contributed by atoms with Crippen LogP contribution in [-0.2, 0) is 0 Å². The second-order valence-electron chi connectivity index (χ2n) is 4.59. The summed E-state index contributed by atoms with van der Waals surface area (Å²) < 4.78 is 10.6. The Labute approximate surface area is 120 Å². The Morgan fingerprint density at radius 1 is 1.14 bits per heavy atom. The molecule has 0 saturated heterocycles. The van der Waals surface area contributed by atoms with E-state index in [1.165, 1.54) is 0 Å². The number of hydrazone groups is 1. The van der Waals surface area contributed by atoms with E-state index in [2.05, 4.69) is 20.5 Å². The lowest BCUT2D eigenvalue weighted by Gasteiger charge is -1.97. The number of benzene rings is 2. The molecule has 3 aromatic rings. The van der Waals surface area contributed by atoms with Crippen molar-refractivity contribution in [1.82, 2.24) is 9.97 Å². The third kappa shape index (κ3) is 2.27. The molecule has 0 spiro atoms. The van der Waals surface area contributed by atoms with Crippen molar-refractivity contribution in [2.24, 2.45) is 5.10 Å². The summed E-state index contributed by atoms with van der Waals surface area (Å²) in [6, 6.07) is 13.5. The molecule has 0 amide bonds. The Balaban J connectivity index is 1.50. The molecule has 4 rings (SSSR count). The highest BCUT2D eigenvalue weighted by Crippen LogP contribution is 2.31. The Kier molecular flexibility index (Phi) is 2.71. The Hall–Kier alpha value is -3.02. The molecule has 2 N–H and O–H groups in total. The minimum atomic E-state index is 0.271. The highest BCUT2D eigenvalue weighted by Gasteiger charge is 2.12. The van der Waals surface area contributed by atoms with E-state index in [1.807, 2.05) is 42.5 Å². The maximum Gasteiger partial charge on any atom is 0.231 e. The van der Waals surface area contributed by atoms with Crippen LogP contribution in [0.5, 0.6) is 11.5 Å². The SMILES string of the molecule is C(=N\Nc1nc2ccccc2[nH]1)/c1ccc2c(c1)OCO2. The summed E-state index contributed by atoms with van der Waals surface area (Å²) >= 11 is 0. The molecule has 0 saturated carbocycles. The van der Waals surface area contributed by atoms with Gasteiger partial charge in [0.15, 0.2) is 11.5 Å². The van der Waals surface area contributed by atoms with Gasteiger partial charge in [-0.3, -0.25) is 0 Å². The van der Waals surface area contributed by atoms with Crippen molar-refractivity contribution < 1.29 is 9.47 Å². The van der Waals surface area contributed by atoms with Gasteiger partial charge in [-0.15, -0.1) is 0 Å². The average molecular weight is 280 g/mol. The summed E-state index contributed by atoms with van der Waals surface area (Å²) in [4.78, 5) is 7.52. The minimum absolute atomic E-state index is 0.271. The molecule has 104 valence electrons. The maximum atomic E-state index is 5.32. The van der Waals surface area contributed by atoms with Crippen LogP contribution in [0.25, 0.3) is 11.0 Å². The van der Waals surface area contributed by atoms with Crippen LogP contribution in [0, 0.1) is 0 Å². The smallest absolute Gasteiger partial charge is 0.231 e. The summed E-state index contributed by atoms with van der Waals surface area (Å²) in [6.45, 7) is 0.271. The van der Waals surface area contributed by atoms with Gasteiger partial charge in [-0.1, -0.05) is 12.1 Å². The number of nitrogens with zero attached hydrogens (tertiary/aromatic N) is 2. The van der Waals surface area contributed by atoms with Gasteiger partial charge >= 0.3 is 0 Å². The standard InChI is InChI=1S/C15H12N4O2/c1-2-4-12-11(3-1)17-15(18-12)19-16-8-10-5-6-13-14(7-10)21-9-20-13/h1-8H,9H2,(H2,17,18,19)/b16-8+. The van der Waals surface area contributed by atoms with Crippen LogP contribution >= 0.6 is 0 Å². The molecule has 0 bridgehead atoms. The molecule has 2 heterocycles. The van der Waals surface area contributed by atoms with Crippen LogP contribution in [0.15, 0.2) is 47.6 Å². The Morgan fingerprint density at radius 2 is 2.05 bits per heavy atom. The number of aromatic amines is 1. The van der Waals surface area contributed by atoms with Crippen LogP contribution in [0.1, 0.15) is 5.56 Å². The fraction of sp³-hybridized carbons (Fsp3) is 0.0667. The van der Waals surface area contributed by atoms with Crippen LogP contribution in [0.4, 0.5) is 5.95 Å². The highest BCUT2D eigenvalue weighted by molar-refractivity contribution is 5.82. The van der Waals surface area contributed by atoms with E-state index in [0.717, 1.165) is 28.1 Å². The predicted molar refractivity (Wildman–Crippen MR) is 79.9 cm³/mol. The predicted octanol–water partition coefficient (Wildman–Crippen LogP) is 2.74. The van der Waals surface area contributed by atoms with Gasteiger partial charge in [0.25, 0.3) is 0 Å². The Morgan fingerprint density at radius 3 is 3.00 bits per heavy atom. The quantitative estimate of drug-likeness (QED) is 0.571. The van der Waals surface area contributed by atoms with Crippen molar-refractivity contribution in [3.63, 3.8) is 0 Å². The normalized spacial score (nSPS) is 13.1. The zero-order valence-electron chi connectivity index (χ0n) is 11.0. The molecule has 6 heteroatoms. The van der Waals surface area contributed by atoms with Crippen LogP contribution in [0.3, 0.4) is 0 Å². The average Bonchev–Trinajstić information content (AvgIpc) is 3.12.